The molecule has 6 nitrogen and oxygen atoms in total. The molecule has 2 aromatic heterocycles. The molecule has 126 valence electrons. The SMILES string of the molecule is COc1ccc(-c2nn3c(CN4CCCCCC4)nnc3s2)cc1. The zero-order chi connectivity index (χ0) is 16.4. The van der Waals surface area contributed by atoms with Gasteiger partial charge in [-0.05, 0) is 50.2 Å². The third-order valence-electron chi connectivity index (χ3n) is 4.46. The molecule has 3 aromatic rings. The van der Waals surface area contributed by atoms with Crippen LogP contribution in [0, 0.1) is 0 Å². The van der Waals surface area contributed by atoms with E-state index >= 15 is 0 Å². The molecular formula is C17H21N5OS. The molecule has 4 rings (SSSR count). The van der Waals surface area contributed by atoms with Crippen LogP contribution in [0.5, 0.6) is 5.75 Å². The lowest BCUT2D eigenvalue weighted by atomic mass is 10.2. The van der Waals surface area contributed by atoms with Crippen molar-refractivity contribution in [2.75, 3.05) is 20.2 Å². The standard InChI is InChI=1S/C17H21N5OS/c1-23-14-8-6-13(7-9-14)16-20-22-15(18-19-17(22)24-16)12-21-10-4-2-3-5-11-21/h6-9H,2-5,10-12H2,1H3. The van der Waals surface area contributed by atoms with Gasteiger partial charge in [-0.15, -0.1) is 10.2 Å². The van der Waals surface area contributed by atoms with Crippen molar-refractivity contribution < 1.29 is 4.74 Å². The van der Waals surface area contributed by atoms with Gasteiger partial charge >= 0.3 is 0 Å². The summed E-state index contributed by atoms with van der Waals surface area (Å²) < 4.78 is 7.11. The van der Waals surface area contributed by atoms with E-state index in [1.807, 2.05) is 28.8 Å². The average molecular weight is 343 g/mol. The molecule has 0 amide bonds. The summed E-state index contributed by atoms with van der Waals surface area (Å²) in [7, 11) is 1.67. The Kier molecular flexibility index (Phi) is 4.44. The van der Waals surface area contributed by atoms with Gasteiger partial charge in [-0.3, -0.25) is 4.90 Å². The molecule has 1 fully saturated rings. The summed E-state index contributed by atoms with van der Waals surface area (Å²) in [5.74, 6) is 1.78. The van der Waals surface area contributed by atoms with E-state index in [0.717, 1.165) is 46.7 Å². The van der Waals surface area contributed by atoms with Crippen LogP contribution in [0.3, 0.4) is 0 Å². The van der Waals surface area contributed by atoms with Gasteiger partial charge in [-0.1, -0.05) is 24.2 Å². The second-order valence-electron chi connectivity index (χ2n) is 6.14. The van der Waals surface area contributed by atoms with Gasteiger partial charge in [0, 0.05) is 5.56 Å². The van der Waals surface area contributed by atoms with Crippen LogP contribution in [0.4, 0.5) is 0 Å². The van der Waals surface area contributed by atoms with E-state index in [2.05, 4.69) is 15.1 Å². The van der Waals surface area contributed by atoms with Crippen LogP contribution in [0.25, 0.3) is 15.5 Å². The Morgan fingerprint density at radius 1 is 1.04 bits per heavy atom. The van der Waals surface area contributed by atoms with Gasteiger partial charge in [0.15, 0.2) is 5.82 Å². The van der Waals surface area contributed by atoms with Gasteiger partial charge < -0.3 is 4.74 Å². The molecule has 0 atom stereocenters. The molecule has 0 saturated carbocycles. The van der Waals surface area contributed by atoms with Crippen LogP contribution >= 0.6 is 11.3 Å². The first kappa shape index (κ1) is 15.5. The molecule has 1 saturated heterocycles. The van der Waals surface area contributed by atoms with E-state index in [1.165, 1.54) is 25.7 Å². The van der Waals surface area contributed by atoms with Gasteiger partial charge in [-0.2, -0.15) is 9.61 Å². The lowest BCUT2D eigenvalue weighted by Crippen LogP contribution is -2.25. The molecule has 0 unspecified atom stereocenters. The topological polar surface area (TPSA) is 55.6 Å². The Balaban J connectivity index is 1.58. The number of hydrogen-bond acceptors (Lipinski definition) is 6. The monoisotopic (exact) mass is 343 g/mol. The zero-order valence-electron chi connectivity index (χ0n) is 13.8. The molecule has 0 N–H and O–H groups in total. The predicted molar refractivity (Wildman–Crippen MR) is 94.4 cm³/mol. The fourth-order valence-corrected chi connectivity index (χ4v) is 3.96. The molecule has 1 aliphatic heterocycles. The summed E-state index contributed by atoms with van der Waals surface area (Å²) >= 11 is 1.57. The zero-order valence-corrected chi connectivity index (χ0v) is 14.6. The predicted octanol–water partition coefficient (Wildman–Crippen LogP) is 3.24. The number of fused-ring (bicyclic) bond motifs is 1. The maximum atomic E-state index is 5.21. The Bertz CT molecular complexity index is 802. The maximum absolute atomic E-state index is 5.21. The smallest absolute Gasteiger partial charge is 0.235 e. The number of rotatable bonds is 4. The van der Waals surface area contributed by atoms with Gasteiger partial charge in [0.25, 0.3) is 0 Å². The van der Waals surface area contributed by atoms with E-state index in [-0.39, 0.29) is 0 Å². The van der Waals surface area contributed by atoms with Crippen LogP contribution in [-0.2, 0) is 6.54 Å². The number of likely N-dealkylation sites (tertiary alicyclic amines) is 1. The van der Waals surface area contributed by atoms with Crippen LogP contribution in [-0.4, -0.2) is 44.9 Å². The number of benzene rings is 1. The summed E-state index contributed by atoms with van der Waals surface area (Å²) in [5.41, 5.74) is 1.08. The van der Waals surface area contributed by atoms with Crippen LogP contribution < -0.4 is 4.74 Å². The molecule has 0 aliphatic carbocycles. The largest absolute Gasteiger partial charge is 0.497 e. The van der Waals surface area contributed by atoms with Crippen molar-refractivity contribution >= 4 is 16.3 Å². The highest BCUT2D eigenvalue weighted by atomic mass is 32.1. The van der Waals surface area contributed by atoms with Crippen molar-refractivity contribution in [2.24, 2.45) is 0 Å². The molecule has 0 bridgehead atoms. The fourth-order valence-electron chi connectivity index (χ4n) is 3.10. The Labute approximate surface area is 145 Å². The molecule has 3 heterocycles. The van der Waals surface area contributed by atoms with Gasteiger partial charge in [-0.25, -0.2) is 0 Å². The van der Waals surface area contributed by atoms with E-state index < -0.39 is 0 Å². The maximum Gasteiger partial charge on any atom is 0.235 e. The van der Waals surface area contributed by atoms with Gasteiger partial charge in [0.1, 0.15) is 10.8 Å². The molecule has 24 heavy (non-hydrogen) atoms. The van der Waals surface area contributed by atoms with E-state index in [1.54, 1.807) is 18.4 Å². The summed E-state index contributed by atoms with van der Waals surface area (Å²) in [4.78, 5) is 3.32. The van der Waals surface area contributed by atoms with E-state index in [9.17, 15) is 0 Å². The lowest BCUT2D eigenvalue weighted by Gasteiger charge is -2.17. The molecule has 7 heteroatoms. The quantitative estimate of drug-likeness (QED) is 0.728. The molecule has 1 aromatic carbocycles. The molecule has 0 spiro atoms. The molecule has 0 radical (unpaired) electrons. The molecular weight excluding hydrogens is 322 g/mol. The van der Waals surface area contributed by atoms with Crippen molar-refractivity contribution in [2.45, 2.75) is 32.2 Å². The Morgan fingerprint density at radius 3 is 2.50 bits per heavy atom. The van der Waals surface area contributed by atoms with Crippen LogP contribution in [0.15, 0.2) is 24.3 Å². The van der Waals surface area contributed by atoms with Gasteiger partial charge in [0.05, 0.1) is 13.7 Å². The second-order valence-corrected chi connectivity index (χ2v) is 7.09. The van der Waals surface area contributed by atoms with Crippen molar-refractivity contribution in [3.8, 4) is 16.3 Å². The first-order valence-corrected chi connectivity index (χ1v) is 9.23. The number of ether oxygens (including phenoxy) is 1. The Morgan fingerprint density at radius 2 is 1.79 bits per heavy atom. The fraction of sp³-hybridized carbons (Fsp3) is 0.471. The minimum absolute atomic E-state index is 0.826. The van der Waals surface area contributed by atoms with Crippen molar-refractivity contribution in [3.05, 3.63) is 30.1 Å². The van der Waals surface area contributed by atoms with Crippen molar-refractivity contribution in [1.82, 2.24) is 24.7 Å². The summed E-state index contributed by atoms with van der Waals surface area (Å²) in [6, 6.07) is 7.96. The number of hydrogen-bond donors (Lipinski definition) is 0. The minimum atomic E-state index is 0.826. The van der Waals surface area contributed by atoms with Crippen LogP contribution in [0.1, 0.15) is 31.5 Å². The molecule has 1 aliphatic rings. The Hall–Kier alpha value is -1.99. The highest BCUT2D eigenvalue weighted by molar-refractivity contribution is 7.19. The minimum Gasteiger partial charge on any atom is -0.497 e. The highest BCUT2D eigenvalue weighted by Gasteiger charge is 2.16. The first-order valence-electron chi connectivity index (χ1n) is 8.41. The normalized spacial score (nSPS) is 16.4. The number of nitrogens with zero attached hydrogens (tertiary/aromatic N) is 5. The lowest BCUT2D eigenvalue weighted by molar-refractivity contribution is 0.268. The van der Waals surface area contributed by atoms with Crippen molar-refractivity contribution in [3.63, 3.8) is 0 Å². The van der Waals surface area contributed by atoms with Gasteiger partial charge in [0.2, 0.25) is 4.96 Å². The third kappa shape index (κ3) is 3.14. The van der Waals surface area contributed by atoms with Crippen LogP contribution in [0.2, 0.25) is 0 Å². The third-order valence-corrected chi connectivity index (χ3v) is 5.40. The van der Waals surface area contributed by atoms with Crippen molar-refractivity contribution in [1.29, 1.82) is 0 Å². The average Bonchev–Trinajstić information content (AvgIpc) is 3.09. The summed E-state index contributed by atoms with van der Waals surface area (Å²) in [6.45, 7) is 3.11. The second kappa shape index (κ2) is 6.86. The number of methoxy groups -OCH3 is 1. The van der Waals surface area contributed by atoms with E-state index in [4.69, 9.17) is 9.84 Å². The summed E-state index contributed by atoms with van der Waals surface area (Å²) in [5, 5.41) is 14.3. The highest BCUT2D eigenvalue weighted by Crippen LogP contribution is 2.27. The van der Waals surface area contributed by atoms with E-state index in [0.29, 0.717) is 0 Å². The number of aromatic nitrogens is 4. The summed E-state index contributed by atoms with van der Waals surface area (Å²) in [6.07, 6.45) is 5.22. The first-order chi connectivity index (χ1) is 11.8.